The Bertz CT molecular complexity index is 709. The molecule has 21 heavy (non-hydrogen) atoms. The summed E-state index contributed by atoms with van der Waals surface area (Å²) in [7, 11) is 0. The van der Waals surface area contributed by atoms with E-state index in [1.54, 1.807) is 0 Å². The van der Waals surface area contributed by atoms with Crippen molar-refractivity contribution in [3.8, 4) is 0 Å². The Kier molecular flexibility index (Phi) is 4.58. The maximum atomic E-state index is 14.1. The van der Waals surface area contributed by atoms with Crippen LogP contribution in [0, 0.1) is 25.5 Å². The predicted octanol–water partition coefficient (Wildman–Crippen LogP) is 4.72. The summed E-state index contributed by atoms with van der Waals surface area (Å²) in [6.45, 7) is 3.77. The quantitative estimate of drug-likeness (QED) is 0.767. The minimum absolute atomic E-state index is 0.0426. The second kappa shape index (κ2) is 6.07. The molecule has 0 aliphatic carbocycles. The maximum absolute atomic E-state index is 14.1. The molecule has 0 unspecified atom stereocenters. The van der Waals surface area contributed by atoms with E-state index in [1.165, 1.54) is 12.1 Å². The number of benzene rings is 2. The fourth-order valence-corrected chi connectivity index (χ4v) is 2.92. The predicted molar refractivity (Wildman–Crippen MR) is 89.1 cm³/mol. The van der Waals surface area contributed by atoms with Crippen molar-refractivity contribution in [3.05, 3.63) is 57.1 Å². The number of halogens is 3. The van der Waals surface area contributed by atoms with Crippen molar-refractivity contribution in [2.24, 2.45) is 5.73 Å². The first kappa shape index (κ1) is 15.9. The van der Waals surface area contributed by atoms with Crippen LogP contribution < -0.4 is 11.1 Å². The molecule has 0 aliphatic rings. The number of hydrogen-bond donors (Lipinski definition) is 2. The lowest BCUT2D eigenvalue weighted by Gasteiger charge is -2.15. The molecule has 0 saturated carbocycles. The molecular formula is C15H13BrF2N2S. The molecule has 0 fully saturated rings. The number of rotatable bonds is 3. The van der Waals surface area contributed by atoms with Crippen LogP contribution in [0.2, 0.25) is 0 Å². The van der Waals surface area contributed by atoms with Crippen molar-refractivity contribution in [3.63, 3.8) is 0 Å². The Morgan fingerprint density at radius 1 is 1.14 bits per heavy atom. The molecule has 0 spiro atoms. The highest BCUT2D eigenvalue weighted by atomic mass is 79.9. The zero-order valence-corrected chi connectivity index (χ0v) is 13.8. The van der Waals surface area contributed by atoms with Gasteiger partial charge in [0.05, 0.1) is 5.69 Å². The summed E-state index contributed by atoms with van der Waals surface area (Å²) >= 11 is 8.08. The molecule has 0 atom stereocenters. The average Bonchev–Trinajstić information content (AvgIpc) is 2.38. The van der Waals surface area contributed by atoms with Crippen molar-refractivity contribution < 1.29 is 8.78 Å². The third kappa shape index (κ3) is 3.22. The first-order valence-corrected chi connectivity index (χ1v) is 7.33. The monoisotopic (exact) mass is 370 g/mol. The zero-order chi connectivity index (χ0) is 15.7. The topological polar surface area (TPSA) is 38.0 Å². The minimum Gasteiger partial charge on any atom is -0.389 e. The molecule has 2 aromatic carbocycles. The first-order valence-electron chi connectivity index (χ1n) is 6.13. The molecule has 0 saturated heterocycles. The highest BCUT2D eigenvalue weighted by Crippen LogP contribution is 2.30. The van der Waals surface area contributed by atoms with Crippen molar-refractivity contribution in [1.82, 2.24) is 0 Å². The van der Waals surface area contributed by atoms with Gasteiger partial charge in [-0.3, -0.25) is 0 Å². The van der Waals surface area contributed by atoms with Crippen molar-refractivity contribution >= 4 is 44.5 Å². The summed E-state index contributed by atoms with van der Waals surface area (Å²) in [5.41, 5.74) is 7.86. The largest absolute Gasteiger partial charge is 0.389 e. The minimum atomic E-state index is -1.04. The standard InChI is InChI=1S/C15H13BrF2N2S/c1-7-5-9(16)6-8(2)14(7)20-11-4-3-10(15(19)21)12(17)13(11)18/h3-6,20H,1-2H3,(H2,19,21). The summed E-state index contributed by atoms with van der Waals surface area (Å²) in [4.78, 5) is -0.172. The summed E-state index contributed by atoms with van der Waals surface area (Å²) in [6.07, 6.45) is 0. The number of thiocarbonyl (C=S) groups is 1. The average molecular weight is 371 g/mol. The van der Waals surface area contributed by atoms with E-state index in [-0.39, 0.29) is 16.2 Å². The lowest BCUT2D eigenvalue weighted by atomic mass is 10.1. The van der Waals surface area contributed by atoms with E-state index < -0.39 is 11.6 Å². The van der Waals surface area contributed by atoms with Crippen LogP contribution in [-0.2, 0) is 0 Å². The first-order chi connectivity index (χ1) is 9.81. The molecule has 0 aliphatic heterocycles. The Balaban J connectivity index is 2.46. The van der Waals surface area contributed by atoms with Crippen LogP contribution in [0.3, 0.4) is 0 Å². The molecule has 3 N–H and O–H groups in total. The number of nitrogens with one attached hydrogen (secondary N) is 1. The Morgan fingerprint density at radius 3 is 2.24 bits per heavy atom. The molecule has 0 bridgehead atoms. The van der Waals surface area contributed by atoms with Gasteiger partial charge in [-0.25, -0.2) is 8.78 Å². The van der Waals surface area contributed by atoms with E-state index in [4.69, 9.17) is 5.73 Å². The Labute approximate surface area is 135 Å². The number of nitrogens with two attached hydrogens (primary N) is 1. The third-order valence-electron chi connectivity index (χ3n) is 3.10. The second-order valence-corrected chi connectivity index (χ2v) is 6.05. The number of aryl methyl sites for hydroxylation is 2. The SMILES string of the molecule is Cc1cc(Br)cc(C)c1Nc1ccc(C(N)=S)c(F)c1F. The summed E-state index contributed by atoms with van der Waals surface area (Å²) in [6, 6.07) is 6.58. The molecule has 2 rings (SSSR count). The summed E-state index contributed by atoms with van der Waals surface area (Å²) < 4.78 is 28.9. The Morgan fingerprint density at radius 2 is 1.71 bits per heavy atom. The van der Waals surface area contributed by atoms with Crippen LogP contribution in [0.15, 0.2) is 28.7 Å². The van der Waals surface area contributed by atoms with Gasteiger partial charge in [-0.1, -0.05) is 28.1 Å². The van der Waals surface area contributed by atoms with Gasteiger partial charge >= 0.3 is 0 Å². The van der Waals surface area contributed by atoms with Crippen LogP contribution in [-0.4, -0.2) is 4.99 Å². The van der Waals surface area contributed by atoms with Gasteiger partial charge in [-0.05, 0) is 49.2 Å². The smallest absolute Gasteiger partial charge is 0.182 e. The van der Waals surface area contributed by atoms with Crippen LogP contribution in [0.25, 0.3) is 0 Å². The molecular weight excluding hydrogens is 358 g/mol. The van der Waals surface area contributed by atoms with Gasteiger partial charge in [0.2, 0.25) is 0 Å². The van der Waals surface area contributed by atoms with Crippen molar-refractivity contribution in [2.75, 3.05) is 5.32 Å². The fourth-order valence-electron chi connectivity index (χ4n) is 2.08. The van der Waals surface area contributed by atoms with Crippen LogP contribution in [0.1, 0.15) is 16.7 Å². The van der Waals surface area contributed by atoms with E-state index in [0.717, 1.165) is 21.3 Å². The van der Waals surface area contributed by atoms with E-state index in [0.29, 0.717) is 0 Å². The molecule has 0 heterocycles. The summed E-state index contributed by atoms with van der Waals surface area (Å²) in [5.74, 6) is -2.04. The normalized spacial score (nSPS) is 10.5. The van der Waals surface area contributed by atoms with E-state index in [1.807, 2.05) is 26.0 Å². The lowest BCUT2D eigenvalue weighted by Crippen LogP contribution is -2.13. The van der Waals surface area contributed by atoms with Gasteiger partial charge in [0, 0.05) is 15.7 Å². The van der Waals surface area contributed by atoms with Gasteiger partial charge in [0.15, 0.2) is 11.6 Å². The number of anilines is 2. The van der Waals surface area contributed by atoms with E-state index in [2.05, 4.69) is 33.5 Å². The van der Waals surface area contributed by atoms with Gasteiger partial charge in [0.1, 0.15) is 4.99 Å². The summed E-state index contributed by atoms with van der Waals surface area (Å²) in [5, 5.41) is 2.92. The van der Waals surface area contributed by atoms with Gasteiger partial charge in [0.25, 0.3) is 0 Å². The molecule has 0 radical (unpaired) electrons. The van der Waals surface area contributed by atoms with Gasteiger partial charge in [-0.15, -0.1) is 0 Å². The molecule has 2 nitrogen and oxygen atoms in total. The molecule has 0 amide bonds. The van der Waals surface area contributed by atoms with Crippen LogP contribution in [0.4, 0.5) is 20.2 Å². The highest BCUT2D eigenvalue weighted by Gasteiger charge is 2.16. The molecule has 0 aromatic heterocycles. The molecule has 6 heteroatoms. The lowest BCUT2D eigenvalue weighted by molar-refractivity contribution is 0.510. The maximum Gasteiger partial charge on any atom is 0.182 e. The van der Waals surface area contributed by atoms with Crippen LogP contribution in [0.5, 0.6) is 0 Å². The van der Waals surface area contributed by atoms with Crippen molar-refractivity contribution in [1.29, 1.82) is 0 Å². The van der Waals surface area contributed by atoms with Gasteiger partial charge in [-0.2, -0.15) is 0 Å². The van der Waals surface area contributed by atoms with Gasteiger partial charge < -0.3 is 11.1 Å². The third-order valence-corrected chi connectivity index (χ3v) is 3.78. The van der Waals surface area contributed by atoms with Crippen molar-refractivity contribution in [2.45, 2.75) is 13.8 Å². The Hall–Kier alpha value is -1.53. The van der Waals surface area contributed by atoms with Crippen LogP contribution >= 0.6 is 28.1 Å². The zero-order valence-electron chi connectivity index (χ0n) is 11.4. The molecule has 110 valence electrons. The fraction of sp³-hybridized carbons (Fsp3) is 0.133. The highest BCUT2D eigenvalue weighted by molar-refractivity contribution is 9.10. The van der Waals surface area contributed by atoms with E-state index >= 15 is 0 Å². The number of hydrogen-bond acceptors (Lipinski definition) is 2. The second-order valence-electron chi connectivity index (χ2n) is 4.69. The molecule has 2 aromatic rings. The van der Waals surface area contributed by atoms with E-state index in [9.17, 15) is 8.78 Å².